The van der Waals surface area contributed by atoms with E-state index in [1.165, 1.54) is 5.56 Å². The van der Waals surface area contributed by atoms with Crippen molar-refractivity contribution >= 4 is 27.7 Å². The lowest BCUT2D eigenvalue weighted by Gasteiger charge is -2.22. The van der Waals surface area contributed by atoms with Crippen LogP contribution < -0.4 is 10.6 Å². The van der Waals surface area contributed by atoms with E-state index in [0.29, 0.717) is 6.04 Å². The summed E-state index contributed by atoms with van der Waals surface area (Å²) in [5.41, 5.74) is 1.91. The molecule has 1 saturated carbocycles. The highest BCUT2D eigenvalue weighted by atomic mass is 79.9. The van der Waals surface area contributed by atoms with Crippen LogP contribution >= 0.6 is 15.9 Å². The first kappa shape index (κ1) is 17.1. The Labute approximate surface area is 141 Å². The van der Waals surface area contributed by atoms with Crippen LogP contribution in [0.15, 0.2) is 22.7 Å². The summed E-state index contributed by atoms with van der Waals surface area (Å²) < 4.78 is 6.42. The minimum atomic E-state index is -0.451. The predicted molar refractivity (Wildman–Crippen MR) is 93.3 cm³/mol. The van der Waals surface area contributed by atoms with Gasteiger partial charge in [-0.05, 0) is 64.7 Å². The number of halogens is 1. The fourth-order valence-electron chi connectivity index (χ4n) is 2.70. The van der Waals surface area contributed by atoms with Crippen molar-refractivity contribution in [1.29, 1.82) is 0 Å². The van der Waals surface area contributed by atoms with E-state index in [9.17, 15) is 4.79 Å². The van der Waals surface area contributed by atoms with Crippen LogP contribution in [0.1, 0.15) is 45.6 Å². The van der Waals surface area contributed by atoms with Crippen LogP contribution in [-0.2, 0) is 4.74 Å². The van der Waals surface area contributed by atoms with Gasteiger partial charge >= 0.3 is 6.09 Å². The SMILES string of the molecule is Cc1c(Br)cccc1NC1CCC(NC(=O)OC(C)(C)C)C1. The number of benzene rings is 1. The van der Waals surface area contributed by atoms with Crippen molar-refractivity contribution in [2.75, 3.05) is 5.32 Å². The summed E-state index contributed by atoms with van der Waals surface area (Å²) in [6, 6.07) is 6.73. The standard InChI is InChI=1S/C17H25BrN2O2/c1-11-14(18)6-5-7-15(11)19-12-8-9-13(10-12)20-16(21)22-17(2,3)4/h5-7,12-13,19H,8-10H2,1-4H3,(H,20,21). The number of carbonyl (C=O) groups excluding carboxylic acids is 1. The smallest absolute Gasteiger partial charge is 0.407 e. The van der Waals surface area contributed by atoms with Crippen molar-refractivity contribution in [2.45, 2.75) is 64.6 Å². The molecule has 1 fully saturated rings. The normalized spacial score (nSPS) is 21.5. The highest BCUT2D eigenvalue weighted by Crippen LogP contribution is 2.28. The Balaban J connectivity index is 1.85. The zero-order chi connectivity index (χ0) is 16.3. The number of anilines is 1. The monoisotopic (exact) mass is 368 g/mol. The summed E-state index contributed by atoms with van der Waals surface area (Å²) in [4.78, 5) is 11.8. The van der Waals surface area contributed by atoms with E-state index in [0.717, 1.165) is 29.4 Å². The van der Waals surface area contributed by atoms with E-state index in [4.69, 9.17) is 4.74 Å². The van der Waals surface area contributed by atoms with Crippen molar-refractivity contribution in [3.63, 3.8) is 0 Å². The summed E-state index contributed by atoms with van der Waals surface area (Å²) in [5, 5.41) is 6.55. The highest BCUT2D eigenvalue weighted by molar-refractivity contribution is 9.10. The van der Waals surface area contributed by atoms with Gasteiger partial charge in [-0.1, -0.05) is 22.0 Å². The van der Waals surface area contributed by atoms with Crippen molar-refractivity contribution in [2.24, 2.45) is 0 Å². The van der Waals surface area contributed by atoms with Gasteiger partial charge in [-0.15, -0.1) is 0 Å². The minimum Gasteiger partial charge on any atom is -0.444 e. The lowest BCUT2D eigenvalue weighted by Crippen LogP contribution is -2.38. The molecule has 0 saturated heterocycles. The number of amides is 1. The van der Waals surface area contributed by atoms with E-state index < -0.39 is 5.60 Å². The van der Waals surface area contributed by atoms with Gasteiger partial charge < -0.3 is 15.4 Å². The molecule has 5 heteroatoms. The molecule has 0 aromatic heterocycles. The summed E-state index contributed by atoms with van der Waals surface area (Å²) >= 11 is 3.55. The maximum atomic E-state index is 11.8. The highest BCUT2D eigenvalue weighted by Gasteiger charge is 2.27. The van der Waals surface area contributed by atoms with E-state index >= 15 is 0 Å². The molecule has 0 heterocycles. The molecule has 2 atom stereocenters. The van der Waals surface area contributed by atoms with Crippen LogP contribution in [0, 0.1) is 6.92 Å². The largest absolute Gasteiger partial charge is 0.444 e. The molecule has 2 N–H and O–H groups in total. The van der Waals surface area contributed by atoms with Gasteiger partial charge in [-0.2, -0.15) is 0 Å². The predicted octanol–water partition coefficient (Wildman–Crippen LogP) is 4.62. The fraction of sp³-hybridized carbons (Fsp3) is 0.588. The molecular formula is C17H25BrN2O2. The molecular weight excluding hydrogens is 344 g/mol. The van der Waals surface area contributed by atoms with Crippen LogP contribution in [-0.4, -0.2) is 23.8 Å². The van der Waals surface area contributed by atoms with Gasteiger partial charge in [-0.3, -0.25) is 0 Å². The van der Waals surface area contributed by atoms with Gasteiger partial charge in [0.15, 0.2) is 0 Å². The van der Waals surface area contributed by atoms with E-state index in [1.807, 2.05) is 32.9 Å². The average Bonchev–Trinajstić information content (AvgIpc) is 2.80. The van der Waals surface area contributed by atoms with Gasteiger partial charge in [0.2, 0.25) is 0 Å². The van der Waals surface area contributed by atoms with Gasteiger partial charge in [0, 0.05) is 22.2 Å². The van der Waals surface area contributed by atoms with Crippen molar-refractivity contribution in [1.82, 2.24) is 5.32 Å². The van der Waals surface area contributed by atoms with Crippen LogP contribution in [0.25, 0.3) is 0 Å². The van der Waals surface area contributed by atoms with Crippen LogP contribution in [0.2, 0.25) is 0 Å². The third-order valence-electron chi connectivity index (χ3n) is 3.78. The number of hydrogen-bond acceptors (Lipinski definition) is 3. The Bertz CT molecular complexity index is 540. The summed E-state index contributed by atoms with van der Waals surface area (Å²) in [6.07, 6.45) is 2.62. The second kappa shape index (κ2) is 6.90. The van der Waals surface area contributed by atoms with E-state index in [1.54, 1.807) is 0 Å². The molecule has 1 aliphatic rings. The van der Waals surface area contributed by atoms with Crippen molar-refractivity contribution in [3.05, 3.63) is 28.2 Å². The molecule has 0 aliphatic heterocycles. The molecule has 22 heavy (non-hydrogen) atoms. The lowest BCUT2D eigenvalue weighted by atomic mass is 10.1. The van der Waals surface area contributed by atoms with Crippen molar-refractivity contribution < 1.29 is 9.53 Å². The Kier molecular flexibility index (Phi) is 5.37. The third-order valence-corrected chi connectivity index (χ3v) is 4.64. The fourth-order valence-corrected chi connectivity index (χ4v) is 3.07. The number of nitrogens with one attached hydrogen (secondary N) is 2. The molecule has 2 unspecified atom stereocenters. The zero-order valence-electron chi connectivity index (χ0n) is 13.7. The van der Waals surface area contributed by atoms with Crippen LogP contribution in [0.3, 0.4) is 0 Å². The summed E-state index contributed by atoms with van der Waals surface area (Å²) in [7, 11) is 0. The summed E-state index contributed by atoms with van der Waals surface area (Å²) in [5.74, 6) is 0. The van der Waals surface area contributed by atoms with Gasteiger partial charge in [0.05, 0.1) is 0 Å². The molecule has 1 aromatic carbocycles. The van der Waals surface area contributed by atoms with Crippen LogP contribution in [0.5, 0.6) is 0 Å². The number of ether oxygens (including phenoxy) is 1. The van der Waals surface area contributed by atoms with Gasteiger partial charge in [0.25, 0.3) is 0 Å². The lowest BCUT2D eigenvalue weighted by molar-refractivity contribution is 0.0505. The Morgan fingerprint density at radius 2 is 1.95 bits per heavy atom. The van der Waals surface area contributed by atoms with E-state index in [-0.39, 0.29) is 12.1 Å². The second-order valence-electron chi connectivity index (χ2n) is 6.91. The molecule has 1 aromatic rings. The minimum absolute atomic E-state index is 0.180. The first-order valence-corrected chi connectivity index (χ1v) is 8.55. The Morgan fingerprint density at radius 3 is 2.64 bits per heavy atom. The molecule has 1 aliphatic carbocycles. The van der Waals surface area contributed by atoms with Crippen molar-refractivity contribution in [3.8, 4) is 0 Å². The molecule has 0 radical (unpaired) electrons. The number of rotatable bonds is 3. The average molecular weight is 369 g/mol. The first-order valence-electron chi connectivity index (χ1n) is 7.76. The third kappa shape index (κ3) is 4.90. The topological polar surface area (TPSA) is 50.4 Å². The quantitative estimate of drug-likeness (QED) is 0.818. The molecule has 0 bridgehead atoms. The molecule has 4 nitrogen and oxygen atoms in total. The van der Waals surface area contributed by atoms with Gasteiger partial charge in [0.1, 0.15) is 5.60 Å². The molecule has 2 rings (SSSR count). The number of alkyl carbamates (subject to hydrolysis) is 1. The maximum Gasteiger partial charge on any atom is 0.407 e. The molecule has 0 spiro atoms. The number of hydrogen-bond donors (Lipinski definition) is 2. The maximum absolute atomic E-state index is 11.8. The Morgan fingerprint density at radius 1 is 1.27 bits per heavy atom. The molecule has 122 valence electrons. The summed E-state index contributed by atoms with van der Waals surface area (Å²) in [6.45, 7) is 7.72. The zero-order valence-corrected chi connectivity index (χ0v) is 15.3. The number of carbonyl (C=O) groups is 1. The second-order valence-corrected chi connectivity index (χ2v) is 7.76. The molecule has 1 amide bonds. The Hall–Kier alpha value is -1.23. The van der Waals surface area contributed by atoms with E-state index in [2.05, 4.69) is 39.6 Å². The first-order chi connectivity index (χ1) is 10.2. The van der Waals surface area contributed by atoms with Gasteiger partial charge in [-0.25, -0.2) is 4.79 Å². The van der Waals surface area contributed by atoms with Crippen LogP contribution in [0.4, 0.5) is 10.5 Å².